The standard InChI is InChI=1S/C16H19N3O4S2/c1-19(10-15-17-6-8-24-15)16(20)12-3-2-4-14(9-12)25(21,22)18-13-5-7-23-11-13/h2-4,6,8-9,13,18H,5,7,10-11H2,1H3/t13-/m0/s1. The van der Waals surface area contributed by atoms with Crippen molar-refractivity contribution in [3.05, 3.63) is 46.4 Å². The van der Waals surface area contributed by atoms with Crippen molar-refractivity contribution in [1.29, 1.82) is 0 Å². The highest BCUT2D eigenvalue weighted by molar-refractivity contribution is 7.89. The van der Waals surface area contributed by atoms with Crippen LogP contribution in [-0.4, -0.2) is 50.5 Å². The molecule has 1 atom stereocenters. The molecule has 1 aromatic carbocycles. The van der Waals surface area contributed by atoms with Gasteiger partial charge in [0.25, 0.3) is 5.91 Å². The topological polar surface area (TPSA) is 88.6 Å². The first-order valence-corrected chi connectivity index (χ1v) is 10.2. The van der Waals surface area contributed by atoms with Crippen LogP contribution in [0.25, 0.3) is 0 Å². The zero-order valence-corrected chi connectivity index (χ0v) is 15.3. The van der Waals surface area contributed by atoms with E-state index in [4.69, 9.17) is 4.74 Å². The molecule has 0 bridgehead atoms. The average Bonchev–Trinajstić information content (AvgIpc) is 3.28. The molecule has 1 fully saturated rings. The van der Waals surface area contributed by atoms with E-state index in [-0.39, 0.29) is 16.8 Å². The zero-order valence-electron chi connectivity index (χ0n) is 13.7. The predicted octanol–water partition coefficient (Wildman–Crippen LogP) is 1.48. The summed E-state index contributed by atoms with van der Waals surface area (Å²) in [5.41, 5.74) is 0.324. The van der Waals surface area contributed by atoms with Crippen molar-refractivity contribution in [1.82, 2.24) is 14.6 Å². The molecule has 2 heterocycles. The van der Waals surface area contributed by atoms with Gasteiger partial charge in [-0.15, -0.1) is 11.3 Å². The van der Waals surface area contributed by atoms with Crippen molar-refractivity contribution >= 4 is 27.3 Å². The summed E-state index contributed by atoms with van der Waals surface area (Å²) >= 11 is 1.47. The Morgan fingerprint density at radius 3 is 3.00 bits per heavy atom. The van der Waals surface area contributed by atoms with Crippen LogP contribution in [0.4, 0.5) is 0 Å². The lowest BCUT2D eigenvalue weighted by atomic mass is 10.2. The zero-order chi connectivity index (χ0) is 17.9. The normalized spacial score (nSPS) is 17.6. The third kappa shape index (κ3) is 4.43. The number of ether oxygens (including phenoxy) is 1. The highest BCUT2D eigenvalue weighted by Gasteiger charge is 2.24. The Hall–Kier alpha value is -1.81. The van der Waals surface area contributed by atoms with Crippen molar-refractivity contribution in [3.63, 3.8) is 0 Å². The molecule has 1 N–H and O–H groups in total. The Morgan fingerprint density at radius 1 is 1.48 bits per heavy atom. The molecule has 134 valence electrons. The van der Waals surface area contributed by atoms with Gasteiger partial charge in [-0.05, 0) is 24.6 Å². The molecule has 0 aliphatic carbocycles. The molecule has 3 rings (SSSR count). The van der Waals surface area contributed by atoms with Crippen LogP contribution in [0, 0.1) is 0 Å². The number of hydrogen-bond donors (Lipinski definition) is 1. The van der Waals surface area contributed by atoms with Crippen molar-refractivity contribution in [2.75, 3.05) is 20.3 Å². The first kappa shape index (κ1) is 18.0. The molecular formula is C16H19N3O4S2. The molecule has 25 heavy (non-hydrogen) atoms. The number of aromatic nitrogens is 1. The smallest absolute Gasteiger partial charge is 0.254 e. The van der Waals surface area contributed by atoms with Crippen LogP contribution in [-0.2, 0) is 21.3 Å². The van der Waals surface area contributed by atoms with E-state index in [1.165, 1.54) is 28.4 Å². The molecule has 2 aromatic rings. The van der Waals surface area contributed by atoms with Crippen LogP contribution in [0.1, 0.15) is 21.8 Å². The highest BCUT2D eigenvalue weighted by Crippen LogP contribution is 2.16. The Labute approximate surface area is 150 Å². The minimum atomic E-state index is -3.69. The van der Waals surface area contributed by atoms with Gasteiger partial charge in [0.05, 0.1) is 18.0 Å². The second kappa shape index (κ2) is 7.61. The summed E-state index contributed by atoms with van der Waals surface area (Å²) in [6, 6.07) is 5.84. The number of thiazole rings is 1. The van der Waals surface area contributed by atoms with Crippen LogP contribution in [0.5, 0.6) is 0 Å². The molecule has 1 aliphatic rings. The number of amides is 1. The molecule has 0 spiro atoms. The summed E-state index contributed by atoms with van der Waals surface area (Å²) in [4.78, 5) is 18.3. The van der Waals surface area contributed by atoms with E-state index in [2.05, 4.69) is 9.71 Å². The molecule has 0 saturated carbocycles. The molecular weight excluding hydrogens is 362 g/mol. The number of hydrogen-bond acceptors (Lipinski definition) is 6. The Kier molecular flexibility index (Phi) is 5.48. The van der Waals surface area contributed by atoms with Gasteiger partial charge < -0.3 is 9.64 Å². The number of carbonyl (C=O) groups is 1. The predicted molar refractivity (Wildman–Crippen MR) is 93.9 cm³/mol. The van der Waals surface area contributed by atoms with E-state index >= 15 is 0 Å². The van der Waals surface area contributed by atoms with E-state index in [9.17, 15) is 13.2 Å². The van der Waals surface area contributed by atoms with E-state index < -0.39 is 10.0 Å². The SMILES string of the molecule is CN(Cc1nccs1)C(=O)c1cccc(S(=O)(=O)N[C@H]2CCOC2)c1. The van der Waals surface area contributed by atoms with Gasteiger partial charge in [-0.2, -0.15) is 0 Å². The van der Waals surface area contributed by atoms with E-state index in [1.807, 2.05) is 5.38 Å². The average molecular weight is 381 g/mol. The van der Waals surface area contributed by atoms with Gasteiger partial charge in [0, 0.05) is 36.8 Å². The summed E-state index contributed by atoms with van der Waals surface area (Å²) in [6.45, 7) is 1.30. The third-order valence-corrected chi connectivity index (χ3v) is 6.13. The lowest BCUT2D eigenvalue weighted by Crippen LogP contribution is -2.35. The summed E-state index contributed by atoms with van der Waals surface area (Å²) < 4.78 is 32.8. The van der Waals surface area contributed by atoms with Gasteiger partial charge in [-0.3, -0.25) is 4.79 Å². The Balaban J connectivity index is 1.74. The van der Waals surface area contributed by atoms with Crippen LogP contribution in [0.2, 0.25) is 0 Å². The van der Waals surface area contributed by atoms with Crippen molar-refractivity contribution in [3.8, 4) is 0 Å². The molecule has 0 unspecified atom stereocenters. The monoisotopic (exact) mass is 381 g/mol. The second-order valence-electron chi connectivity index (χ2n) is 5.80. The number of rotatable bonds is 6. The van der Waals surface area contributed by atoms with Crippen LogP contribution in [0.15, 0.2) is 40.7 Å². The minimum absolute atomic E-state index is 0.0768. The van der Waals surface area contributed by atoms with E-state index in [0.29, 0.717) is 31.7 Å². The van der Waals surface area contributed by atoms with Crippen LogP contribution >= 0.6 is 11.3 Å². The van der Waals surface area contributed by atoms with Crippen molar-refractivity contribution in [2.24, 2.45) is 0 Å². The molecule has 7 nitrogen and oxygen atoms in total. The summed E-state index contributed by atoms with van der Waals surface area (Å²) in [5.74, 6) is -0.253. The van der Waals surface area contributed by atoms with Crippen molar-refractivity contribution in [2.45, 2.75) is 23.9 Å². The summed E-state index contributed by atoms with van der Waals surface area (Å²) in [6.07, 6.45) is 2.33. The summed E-state index contributed by atoms with van der Waals surface area (Å²) in [7, 11) is -2.02. The van der Waals surface area contributed by atoms with E-state index in [1.54, 1.807) is 25.4 Å². The lowest BCUT2D eigenvalue weighted by molar-refractivity contribution is 0.0784. The maximum Gasteiger partial charge on any atom is 0.254 e. The van der Waals surface area contributed by atoms with Crippen molar-refractivity contribution < 1.29 is 17.9 Å². The molecule has 1 saturated heterocycles. The third-order valence-electron chi connectivity index (χ3n) is 3.85. The number of sulfonamides is 1. The maximum absolute atomic E-state index is 12.6. The first-order valence-electron chi connectivity index (χ1n) is 7.80. The Morgan fingerprint density at radius 2 is 2.32 bits per heavy atom. The second-order valence-corrected chi connectivity index (χ2v) is 8.49. The quantitative estimate of drug-likeness (QED) is 0.819. The van der Waals surface area contributed by atoms with Gasteiger partial charge in [0.15, 0.2) is 0 Å². The molecule has 1 aliphatic heterocycles. The largest absolute Gasteiger partial charge is 0.380 e. The minimum Gasteiger partial charge on any atom is -0.380 e. The number of nitrogens with one attached hydrogen (secondary N) is 1. The summed E-state index contributed by atoms with van der Waals surface area (Å²) in [5, 5.41) is 2.67. The fourth-order valence-corrected chi connectivity index (χ4v) is 4.51. The number of carbonyl (C=O) groups excluding carboxylic acids is 1. The highest BCUT2D eigenvalue weighted by atomic mass is 32.2. The molecule has 1 amide bonds. The maximum atomic E-state index is 12.6. The molecule has 0 radical (unpaired) electrons. The molecule has 9 heteroatoms. The lowest BCUT2D eigenvalue weighted by Gasteiger charge is -2.17. The number of benzene rings is 1. The van der Waals surface area contributed by atoms with Gasteiger partial charge in [-0.1, -0.05) is 6.07 Å². The number of nitrogens with zero attached hydrogens (tertiary/aromatic N) is 2. The fourth-order valence-electron chi connectivity index (χ4n) is 2.54. The van der Waals surface area contributed by atoms with Crippen LogP contribution < -0.4 is 4.72 Å². The first-order chi connectivity index (χ1) is 12.0. The molecule has 1 aromatic heterocycles. The van der Waals surface area contributed by atoms with Gasteiger partial charge in [0.1, 0.15) is 5.01 Å². The van der Waals surface area contributed by atoms with Gasteiger partial charge >= 0.3 is 0 Å². The van der Waals surface area contributed by atoms with Gasteiger partial charge in [0.2, 0.25) is 10.0 Å². The van der Waals surface area contributed by atoms with E-state index in [0.717, 1.165) is 5.01 Å². The fraction of sp³-hybridized carbons (Fsp3) is 0.375. The van der Waals surface area contributed by atoms with Crippen LogP contribution in [0.3, 0.4) is 0 Å². The Bertz CT molecular complexity index is 831. The van der Waals surface area contributed by atoms with Gasteiger partial charge in [-0.25, -0.2) is 18.1 Å².